The average Bonchev–Trinajstić information content (AvgIpc) is 3.16. The third kappa shape index (κ3) is 10.1. The number of esters is 2. The topological polar surface area (TPSA) is 127 Å². The van der Waals surface area contributed by atoms with Crippen molar-refractivity contribution < 1.29 is 35.9 Å². The Labute approximate surface area is 318 Å². The number of ether oxygens (including phenoxy) is 2. The highest BCUT2D eigenvalue weighted by Crippen LogP contribution is 2.25. The van der Waals surface area contributed by atoms with Crippen LogP contribution in [0.15, 0.2) is 131 Å². The van der Waals surface area contributed by atoms with Crippen LogP contribution in [0, 0.1) is 13.8 Å². The molecular weight excluding hydrogens is 725 g/mol. The minimum atomic E-state index is -3.95. The third-order valence-corrected chi connectivity index (χ3v) is 12.3. The average molecular weight is 769 g/mol. The Hall–Kier alpha value is -5.14. The molecule has 54 heavy (non-hydrogen) atoms. The van der Waals surface area contributed by atoms with Gasteiger partial charge in [0.15, 0.2) is 0 Å². The lowest BCUT2D eigenvalue weighted by atomic mass is 10.1. The van der Waals surface area contributed by atoms with E-state index in [1.54, 1.807) is 135 Å². The number of rotatable bonds is 16. The van der Waals surface area contributed by atoms with Crippen LogP contribution < -0.4 is 0 Å². The third-order valence-electron chi connectivity index (χ3n) is 8.71. The Morgan fingerprint density at radius 3 is 0.963 bits per heavy atom. The van der Waals surface area contributed by atoms with E-state index < -0.39 is 32.0 Å². The highest BCUT2D eigenvalue weighted by Gasteiger charge is 2.27. The zero-order valence-electron chi connectivity index (χ0n) is 30.8. The van der Waals surface area contributed by atoms with E-state index in [4.69, 9.17) is 9.47 Å². The first-order chi connectivity index (χ1) is 25.8. The highest BCUT2D eigenvalue weighted by molar-refractivity contribution is 7.89. The lowest BCUT2D eigenvalue weighted by molar-refractivity contribution is 0.0516. The molecule has 0 saturated heterocycles. The molecule has 282 valence electrons. The number of benzene rings is 5. The van der Waals surface area contributed by atoms with Crippen molar-refractivity contribution in [1.82, 2.24) is 8.61 Å². The van der Waals surface area contributed by atoms with Crippen LogP contribution in [0.2, 0.25) is 0 Å². The second-order valence-electron chi connectivity index (χ2n) is 12.8. The van der Waals surface area contributed by atoms with Gasteiger partial charge in [-0.1, -0.05) is 83.9 Å². The molecule has 0 saturated carbocycles. The maximum Gasteiger partial charge on any atom is 0.338 e. The summed E-state index contributed by atoms with van der Waals surface area (Å²) in [5.41, 5.74) is 5.35. The van der Waals surface area contributed by atoms with Crippen molar-refractivity contribution in [3.8, 4) is 0 Å². The van der Waals surface area contributed by atoms with E-state index >= 15 is 0 Å². The van der Waals surface area contributed by atoms with Crippen molar-refractivity contribution in [1.29, 1.82) is 0 Å². The summed E-state index contributed by atoms with van der Waals surface area (Å²) in [6.45, 7) is 7.87. The van der Waals surface area contributed by atoms with Crippen molar-refractivity contribution >= 4 is 32.0 Å². The number of carbonyl (C=O) groups excluding carboxylic acids is 2. The van der Waals surface area contributed by atoms with E-state index in [0.717, 1.165) is 11.1 Å². The van der Waals surface area contributed by atoms with E-state index in [9.17, 15) is 26.4 Å². The predicted octanol–water partition coefficient (Wildman–Crippen LogP) is 7.44. The van der Waals surface area contributed by atoms with Crippen LogP contribution in [0.4, 0.5) is 0 Å². The van der Waals surface area contributed by atoms with Gasteiger partial charge >= 0.3 is 11.9 Å². The molecule has 0 amide bonds. The van der Waals surface area contributed by atoms with Crippen LogP contribution >= 0.6 is 0 Å². The molecule has 5 rings (SSSR count). The molecule has 0 heterocycles. The molecule has 0 aliphatic heterocycles. The van der Waals surface area contributed by atoms with E-state index in [1.807, 2.05) is 13.8 Å². The second kappa shape index (κ2) is 17.8. The molecule has 0 bridgehead atoms. The summed E-state index contributed by atoms with van der Waals surface area (Å²) in [7, 11) is -7.91. The summed E-state index contributed by atoms with van der Waals surface area (Å²) in [6, 6.07) is 33.8. The smallest absolute Gasteiger partial charge is 0.338 e. The SMILES string of the molecule is CCOC(=O)c1ccc(CN(Cc2ccc(CN(Cc3ccc(C(=O)OCC)cc3)S(=O)(=O)c3ccc(C)cc3)cc2)S(=O)(=O)c2ccc(C)cc2)cc1. The fourth-order valence-corrected chi connectivity index (χ4v) is 8.49. The van der Waals surface area contributed by atoms with Gasteiger partial charge in [-0.05, 0) is 98.5 Å². The molecule has 0 aliphatic carbocycles. The van der Waals surface area contributed by atoms with Gasteiger partial charge in [0.2, 0.25) is 20.0 Å². The molecule has 0 unspecified atom stereocenters. The maximum absolute atomic E-state index is 14.0. The normalized spacial score (nSPS) is 11.8. The minimum absolute atomic E-state index is 0.0360. The first kappa shape index (κ1) is 40.1. The monoisotopic (exact) mass is 768 g/mol. The standard InChI is InChI=1S/C42H44N2O8S2/c1-5-51-41(45)37-19-15-35(16-20-37)29-43(53(47,48)39-23-7-31(3)8-24-39)27-33-11-13-34(14-12-33)28-44(54(49,50)40-25-9-32(4)10-26-40)30-36-17-21-38(22-18-36)42(46)52-6-2/h7-26H,5-6,27-30H2,1-4H3. The molecule has 0 aliphatic rings. The number of hydrogen-bond donors (Lipinski definition) is 0. The molecule has 0 aromatic heterocycles. The van der Waals surface area contributed by atoms with Crippen LogP contribution in [-0.2, 0) is 55.7 Å². The fraction of sp³-hybridized carbons (Fsp3) is 0.238. The number of nitrogens with zero attached hydrogens (tertiary/aromatic N) is 2. The first-order valence-electron chi connectivity index (χ1n) is 17.5. The van der Waals surface area contributed by atoms with Gasteiger partial charge in [-0.3, -0.25) is 0 Å². The molecule has 0 spiro atoms. The summed E-state index contributed by atoms with van der Waals surface area (Å²) in [5, 5.41) is 0. The van der Waals surface area contributed by atoms with E-state index in [0.29, 0.717) is 33.4 Å². The van der Waals surface area contributed by atoms with Gasteiger partial charge in [-0.2, -0.15) is 8.61 Å². The van der Waals surface area contributed by atoms with E-state index in [-0.39, 0.29) is 49.2 Å². The maximum atomic E-state index is 14.0. The van der Waals surface area contributed by atoms with Crippen molar-refractivity contribution in [2.75, 3.05) is 13.2 Å². The Bertz CT molecular complexity index is 2090. The van der Waals surface area contributed by atoms with E-state index in [2.05, 4.69) is 0 Å². The van der Waals surface area contributed by atoms with Crippen molar-refractivity contribution in [2.24, 2.45) is 0 Å². The van der Waals surface area contributed by atoms with Gasteiger partial charge in [0.05, 0.1) is 34.1 Å². The first-order valence-corrected chi connectivity index (χ1v) is 20.4. The molecule has 5 aromatic rings. The Kier molecular flexibility index (Phi) is 13.2. The zero-order valence-corrected chi connectivity index (χ0v) is 32.4. The second-order valence-corrected chi connectivity index (χ2v) is 16.7. The molecule has 5 aromatic carbocycles. The van der Waals surface area contributed by atoms with Crippen molar-refractivity contribution in [2.45, 2.75) is 63.7 Å². The Morgan fingerprint density at radius 1 is 0.444 bits per heavy atom. The summed E-state index contributed by atoms with van der Waals surface area (Å²) in [5.74, 6) is -0.907. The van der Waals surface area contributed by atoms with E-state index in [1.165, 1.54) is 8.61 Å². The molecule has 0 fully saturated rings. The van der Waals surface area contributed by atoms with Gasteiger partial charge in [0, 0.05) is 26.2 Å². The van der Waals surface area contributed by atoms with Crippen LogP contribution in [0.5, 0.6) is 0 Å². The van der Waals surface area contributed by atoms with Crippen LogP contribution in [0.3, 0.4) is 0 Å². The van der Waals surface area contributed by atoms with Crippen LogP contribution in [-0.4, -0.2) is 50.6 Å². The van der Waals surface area contributed by atoms with Gasteiger partial charge in [-0.25, -0.2) is 26.4 Å². The van der Waals surface area contributed by atoms with Crippen LogP contribution in [0.1, 0.15) is 67.9 Å². The molecule has 0 N–H and O–H groups in total. The Balaban J connectivity index is 1.41. The lowest BCUT2D eigenvalue weighted by Gasteiger charge is -2.24. The quantitative estimate of drug-likeness (QED) is 0.0949. The van der Waals surface area contributed by atoms with Gasteiger partial charge in [0.1, 0.15) is 0 Å². The summed E-state index contributed by atoms with van der Waals surface area (Å²) in [4.78, 5) is 24.7. The molecule has 10 nitrogen and oxygen atoms in total. The predicted molar refractivity (Wildman–Crippen MR) is 206 cm³/mol. The minimum Gasteiger partial charge on any atom is -0.462 e. The molecule has 0 atom stereocenters. The van der Waals surface area contributed by atoms with Gasteiger partial charge in [-0.15, -0.1) is 0 Å². The summed E-state index contributed by atoms with van der Waals surface area (Å²) >= 11 is 0. The number of sulfonamides is 2. The number of aryl methyl sites for hydroxylation is 2. The van der Waals surface area contributed by atoms with Crippen LogP contribution in [0.25, 0.3) is 0 Å². The van der Waals surface area contributed by atoms with Gasteiger partial charge < -0.3 is 9.47 Å². The lowest BCUT2D eigenvalue weighted by Crippen LogP contribution is -2.31. The number of carbonyl (C=O) groups is 2. The Morgan fingerprint density at radius 2 is 0.704 bits per heavy atom. The van der Waals surface area contributed by atoms with Crippen molar-refractivity contribution in [3.05, 3.63) is 166 Å². The summed E-state index contributed by atoms with van der Waals surface area (Å²) < 4.78 is 68.9. The number of hydrogen-bond acceptors (Lipinski definition) is 8. The fourth-order valence-electron chi connectivity index (χ4n) is 5.66. The summed E-state index contributed by atoms with van der Waals surface area (Å²) in [6.07, 6.45) is 0. The molecule has 12 heteroatoms. The van der Waals surface area contributed by atoms with Crippen molar-refractivity contribution in [3.63, 3.8) is 0 Å². The highest BCUT2D eigenvalue weighted by atomic mass is 32.2. The largest absolute Gasteiger partial charge is 0.462 e. The zero-order chi connectivity index (χ0) is 38.9. The molecular formula is C42H44N2O8S2. The van der Waals surface area contributed by atoms with Gasteiger partial charge in [0.25, 0.3) is 0 Å². The molecule has 0 radical (unpaired) electrons.